The van der Waals surface area contributed by atoms with E-state index in [9.17, 15) is 18.0 Å². The third-order valence-electron chi connectivity index (χ3n) is 4.00. The molecule has 28 heavy (non-hydrogen) atoms. The Kier molecular flexibility index (Phi) is 7.90. The first-order valence-corrected chi connectivity index (χ1v) is 8.56. The SMILES string of the molecule is NC(CCCCB(O)O)c1nnnn1CC(=O)NCc1ccc(F)c(F)c1F. The molecule has 0 spiro atoms. The minimum Gasteiger partial charge on any atom is -0.427 e. The molecule has 9 nitrogen and oxygen atoms in total. The summed E-state index contributed by atoms with van der Waals surface area (Å²) in [5.74, 6) is -4.59. The number of benzene rings is 1. The summed E-state index contributed by atoms with van der Waals surface area (Å²) in [6, 6.07) is 1.24. The van der Waals surface area contributed by atoms with Gasteiger partial charge in [-0.05, 0) is 29.2 Å². The monoisotopic (exact) mass is 400 g/mol. The largest absolute Gasteiger partial charge is 0.451 e. The van der Waals surface area contributed by atoms with Crippen LogP contribution >= 0.6 is 0 Å². The second-order valence-corrected chi connectivity index (χ2v) is 6.18. The van der Waals surface area contributed by atoms with Crippen molar-refractivity contribution >= 4 is 13.0 Å². The predicted octanol–water partition coefficient (Wildman–Crippen LogP) is 0.0497. The highest BCUT2D eigenvalue weighted by atomic mass is 19.2. The zero-order chi connectivity index (χ0) is 20.7. The topological polar surface area (TPSA) is 139 Å². The summed E-state index contributed by atoms with van der Waals surface area (Å²) in [5.41, 5.74) is 5.80. The highest BCUT2D eigenvalue weighted by Crippen LogP contribution is 2.16. The number of rotatable bonds is 10. The van der Waals surface area contributed by atoms with Crippen molar-refractivity contribution in [3.8, 4) is 0 Å². The third kappa shape index (κ3) is 6.01. The van der Waals surface area contributed by atoms with Crippen molar-refractivity contribution in [3.05, 3.63) is 41.0 Å². The summed E-state index contributed by atoms with van der Waals surface area (Å²) in [6.07, 6.45) is 1.84. The molecule has 5 N–H and O–H groups in total. The highest BCUT2D eigenvalue weighted by Gasteiger charge is 2.18. The fraction of sp³-hybridized carbons (Fsp3) is 0.467. The van der Waals surface area contributed by atoms with E-state index in [0.29, 0.717) is 19.3 Å². The van der Waals surface area contributed by atoms with Gasteiger partial charge in [-0.2, -0.15) is 0 Å². The van der Waals surface area contributed by atoms with Gasteiger partial charge in [0.15, 0.2) is 23.3 Å². The van der Waals surface area contributed by atoms with Crippen LogP contribution in [-0.2, 0) is 17.9 Å². The van der Waals surface area contributed by atoms with Crippen molar-refractivity contribution in [2.75, 3.05) is 0 Å². The van der Waals surface area contributed by atoms with Crippen LogP contribution < -0.4 is 11.1 Å². The summed E-state index contributed by atoms with van der Waals surface area (Å²) < 4.78 is 40.9. The van der Waals surface area contributed by atoms with Crippen molar-refractivity contribution in [1.82, 2.24) is 25.5 Å². The van der Waals surface area contributed by atoms with Crippen LogP contribution in [0.15, 0.2) is 12.1 Å². The molecule has 1 aromatic carbocycles. The zero-order valence-electron chi connectivity index (χ0n) is 14.9. The van der Waals surface area contributed by atoms with E-state index < -0.39 is 36.5 Å². The van der Waals surface area contributed by atoms with Crippen LogP contribution in [0.5, 0.6) is 0 Å². The van der Waals surface area contributed by atoms with Crippen molar-refractivity contribution in [3.63, 3.8) is 0 Å². The molecule has 2 aromatic rings. The van der Waals surface area contributed by atoms with Gasteiger partial charge in [0, 0.05) is 12.1 Å². The summed E-state index contributed by atoms with van der Waals surface area (Å²) in [6.45, 7) is -0.633. The van der Waals surface area contributed by atoms with Crippen LogP contribution in [0.4, 0.5) is 13.2 Å². The Labute approximate surface area is 158 Å². The Balaban J connectivity index is 1.88. The van der Waals surface area contributed by atoms with E-state index in [1.165, 1.54) is 4.68 Å². The molecule has 0 bridgehead atoms. The van der Waals surface area contributed by atoms with Crippen LogP contribution in [0.3, 0.4) is 0 Å². The van der Waals surface area contributed by atoms with Crippen molar-refractivity contribution in [2.45, 2.75) is 44.7 Å². The van der Waals surface area contributed by atoms with Gasteiger partial charge in [-0.25, -0.2) is 17.9 Å². The van der Waals surface area contributed by atoms with E-state index in [2.05, 4.69) is 20.8 Å². The van der Waals surface area contributed by atoms with Crippen LogP contribution in [0.2, 0.25) is 6.32 Å². The molecule has 152 valence electrons. The fourth-order valence-corrected chi connectivity index (χ4v) is 2.50. The molecule has 1 aromatic heterocycles. The number of amides is 1. The zero-order valence-corrected chi connectivity index (χ0v) is 14.9. The van der Waals surface area contributed by atoms with E-state index in [1.807, 2.05) is 0 Å². The third-order valence-corrected chi connectivity index (χ3v) is 4.00. The molecule has 1 unspecified atom stereocenters. The number of nitrogens with one attached hydrogen (secondary N) is 1. The van der Waals surface area contributed by atoms with Crippen molar-refractivity contribution in [1.29, 1.82) is 0 Å². The van der Waals surface area contributed by atoms with Gasteiger partial charge in [0.05, 0.1) is 6.04 Å². The number of halogens is 3. The van der Waals surface area contributed by atoms with Crippen molar-refractivity contribution in [2.24, 2.45) is 5.73 Å². The van der Waals surface area contributed by atoms with Crippen LogP contribution in [0.25, 0.3) is 0 Å². The van der Waals surface area contributed by atoms with Gasteiger partial charge in [-0.3, -0.25) is 4.79 Å². The van der Waals surface area contributed by atoms with Gasteiger partial charge in [0.2, 0.25) is 5.91 Å². The lowest BCUT2D eigenvalue weighted by atomic mass is 9.83. The number of nitrogens with zero attached hydrogens (tertiary/aromatic N) is 4. The average molecular weight is 400 g/mol. The van der Waals surface area contributed by atoms with Gasteiger partial charge in [0.1, 0.15) is 6.54 Å². The molecule has 0 radical (unpaired) electrons. The van der Waals surface area contributed by atoms with Gasteiger partial charge in [-0.15, -0.1) is 5.10 Å². The maximum Gasteiger partial charge on any atom is 0.451 e. The number of nitrogens with two attached hydrogens (primary N) is 1. The number of carbonyl (C=O) groups is 1. The molecule has 0 fully saturated rings. The maximum absolute atomic E-state index is 13.6. The van der Waals surface area contributed by atoms with Gasteiger partial charge >= 0.3 is 7.12 Å². The summed E-state index contributed by atoms with van der Waals surface area (Å²) in [4.78, 5) is 12.0. The smallest absolute Gasteiger partial charge is 0.427 e. The lowest BCUT2D eigenvalue weighted by Crippen LogP contribution is -2.30. The number of unbranched alkanes of at least 4 members (excludes halogenated alkanes) is 1. The molecule has 13 heteroatoms. The Morgan fingerprint density at radius 1 is 1.25 bits per heavy atom. The molecule has 0 aliphatic rings. The van der Waals surface area contributed by atoms with Crippen LogP contribution in [0.1, 0.15) is 36.7 Å². The maximum atomic E-state index is 13.6. The minimum atomic E-state index is -1.60. The van der Waals surface area contributed by atoms with Gasteiger partial charge < -0.3 is 21.1 Å². The van der Waals surface area contributed by atoms with E-state index in [4.69, 9.17) is 15.8 Å². The van der Waals surface area contributed by atoms with E-state index >= 15 is 0 Å². The molecule has 0 saturated carbocycles. The molecular formula is C15H20BF3N6O3. The predicted molar refractivity (Wildman–Crippen MR) is 91.8 cm³/mol. The second kappa shape index (κ2) is 10.2. The lowest BCUT2D eigenvalue weighted by Gasteiger charge is -2.12. The Bertz CT molecular complexity index is 807. The number of hydrogen-bond acceptors (Lipinski definition) is 7. The fourth-order valence-electron chi connectivity index (χ4n) is 2.50. The standard InChI is InChI=1S/C15H20BF3N6O3/c17-10-5-4-9(13(18)14(10)19)7-21-12(26)8-25-15(22-23-24-25)11(20)3-1-2-6-16(27)28/h4-5,11,27-28H,1-3,6-8,20H2,(H,21,26). The molecule has 2 rings (SSSR count). The summed E-state index contributed by atoms with van der Waals surface area (Å²) in [7, 11) is -1.37. The summed E-state index contributed by atoms with van der Waals surface area (Å²) >= 11 is 0. The van der Waals surface area contributed by atoms with Gasteiger partial charge in [-0.1, -0.05) is 18.9 Å². The number of aromatic nitrogens is 4. The average Bonchev–Trinajstić information content (AvgIpc) is 3.10. The molecule has 1 heterocycles. The normalized spacial score (nSPS) is 12.1. The quantitative estimate of drug-likeness (QED) is 0.251. The number of hydrogen-bond donors (Lipinski definition) is 4. The first kappa shape index (κ1) is 21.8. The number of tetrazole rings is 1. The Morgan fingerprint density at radius 3 is 2.71 bits per heavy atom. The van der Waals surface area contributed by atoms with E-state index in [1.54, 1.807) is 0 Å². The van der Waals surface area contributed by atoms with Crippen LogP contribution in [-0.4, -0.2) is 43.3 Å². The summed E-state index contributed by atoms with van der Waals surface area (Å²) in [5, 5.41) is 30.9. The first-order chi connectivity index (χ1) is 13.3. The lowest BCUT2D eigenvalue weighted by molar-refractivity contribution is -0.122. The van der Waals surface area contributed by atoms with E-state index in [0.717, 1.165) is 12.1 Å². The highest BCUT2D eigenvalue weighted by molar-refractivity contribution is 6.40. The minimum absolute atomic E-state index is 0.202. The number of carbonyl (C=O) groups excluding carboxylic acids is 1. The molecule has 0 saturated heterocycles. The van der Waals surface area contributed by atoms with E-state index in [-0.39, 0.29) is 30.8 Å². The molecule has 1 amide bonds. The second-order valence-electron chi connectivity index (χ2n) is 6.18. The first-order valence-electron chi connectivity index (χ1n) is 8.56. The molecular weight excluding hydrogens is 380 g/mol. The van der Waals surface area contributed by atoms with Crippen LogP contribution in [0, 0.1) is 17.5 Å². The Morgan fingerprint density at radius 2 is 2.00 bits per heavy atom. The Hall–Kier alpha value is -2.51. The molecule has 1 atom stereocenters. The molecule has 0 aliphatic heterocycles. The van der Waals surface area contributed by atoms with Crippen molar-refractivity contribution < 1.29 is 28.0 Å². The van der Waals surface area contributed by atoms with Gasteiger partial charge in [0.25, 0.3) is 0 Å². The molecule has 0 aliphatic carbocycles.